The van der Waals surface area contributed by atoms with E-state index in [0.717, 1.165) is 11.8 Å². The van der Waals surface area contributed by atoms with Crippen molar-refractivity contribution in [2.45, 2.75) is 15.3 Å². The number of aryl methyl sites for hydroxylation is 1. The molecule has 0 radical (unpaired) electrons. The van der Waals surface area contributed by atoms with Crippen LogP contribution in [0.25, 0.3) is 0 Å². The van der Waals surface area contributed by atoms with Gasteiger partial charge in [0.1, 0.15) is 10.2 Å². The maximum atomic E-state index is 11.2. The molecule has 0 aromatic carbocycles. The molecule has 0 bridgehead atoms. The molecule has 10 heteroatoms. The van der Waals surface area contributed by atoms with E-state index in [0.29, 0.717) is 20.5 Å². The molecule has 0 aliphatic heterocycles. The Balaban J connectivity index is 2.41. The quantitative estimate of drug-likeness (QED) is 0.387. The Morgan fingerprint density at radius 3 is 2.74 bits per heavy atom. The molecule has 0 saturated heterocycles. The summed E-state index contributed by atoms with van der Waals surface area (Å²) in [6.07, 6.45) is 1.83. The molecule has 0 aliphatic rings. The van der Waals surface area contributed by atoms with Gasteiger partial charge in [0.2, 0.25) is 0 Å². The molecule has 1 N–H and O–H groups in total. The predicted molar refractivity (Wildman–Crippen MR) is 73.0 cm³/mol. The molecule has 0 aliphatic carbocycles. The van der Waals surface area contributed by atoms with Crippen molar-refractivity contribution in [1.29, 1.82) is 0 Å². The van der Waals surface area contributed by atoms with Gasteiger partial charge < -0.3 is 0 Å². The van der Waals surface area contributed by atoms with Crippen molar-refractivity contribution in [2.24, 2.45) is 7.05 Å². The maximum Gasteiger partial charge on any atom is 0.339 e. The second-order valence-corrected chi connectivity index (χ2v) is 5.47. The van der Waals surface area contributed by atoms with E-state index in [2.05, 4.69) is 20.1 Å². The number of H-pyrrole nitrogens is 1. The first-order valence-electron chi connectivity index (χ1n) is 4.93. The fourth-order valence-corrected chi connectivity index (χ4v) is 2.70. The van der Waals surface area contributed by atoms with Crippen LogP contribution in [0.2, 0.25) is 5.15 Å². The van der Waals surface area contributed by atoms with Crippen molar-refractivity contribution in [1.82, 2.24) is 24.7 Å². The van der Waals surface area contributed by atoms with Crippen molar-refractivity contribution in [3.8, 4) is 0 Å². The molecule has 0 amide bonds. The minimum absolute atomic E-state index is 0.302. The topological polar surface area (TPSA) is 93.5 Å². The molecule has 2 aromatic rings. The van der Waals surface area contributed by atoms with E-state index in [-0.39, 0.29) is 0 Å². The second kappa shape index (κ2) is 5.76. The highest BCUT2D eigenvalue weighted by Gasteiger charge is 2.09. The van der Waals surface area contributed by atoms with Crippen molar-refractivity contribution in [3.05, 3.63) is 31.9 Å². The monoisotopic (exact) mass is 317 g/mol. The molecule has 0 spiro atoms. The Kier molecular flexibility index (Phi) is 4.27. The molecule has 0 fully saturated rings. The fourth-order valence-electron chi connectivity index (χ4n) is 1.17. The Labute approximate surface area is 120 Å². The zero-order chi connectivity index (χ0) is 14.0. The Bertz CT molecular complexity index is 729. The molecule has 2 rings (SSSR count). The summed E-state index contributed by atoms with van der Waals surface area (Å²) in [5.41, 5.74) is -1.61. The fraction of sp³-hybridized carbons (Fsp3) is 0.222. The number of thioether (sulfide) groups is 1. The third kappa shape index (κ3) is 3.37. The normalized spacial score (nSPS) is 10.7. The highest BCUT2D eigenvalue weighted by molar-refractivity contribution is 7.99. The van der Waals surface area contributed by atoms with Crippen molar-refractivity contribution in [3.63, 3.8) is 0 Å². The Morgan fingerprint density at radius 1 is 1.32 bits per heavy atom. The summed E-state index contributed by atoms with van der Waals surface area (Å²) in [4.78, 5) is 34.2. The van der Waals surface area contributed by atoms with E-state index in [1.807, 2.05) is 6.26 Å². The number of hydrogen-bond donors (Lipinski definition) is 1. The summed E-state index contributed by atoms with van der Waals surface area (Å²) < 4.78 is 1.35. The third-order valence-corrected chi connectivity index (χ3v) is 3.68. The molecule has 7 nitrogen and oxygen atoms in total. The number of nitrogens with zero attached hydrogens (tertiary/aromatic N) is 4. The summed E-state index contributed by atoms with van der Waals surface area (Å²) >= 11 is 8.33. The summed E-state index contributed by atoms with van der Waals surface area (Å²) in [5.74, 6) is 0. The van der Waals surface area contributed by atoms with E-state index >= 15 is 0 Å². The van der Waals surface area contributed by atoms with Gasteiger partial charge in [0.25, 0.3) is 0 Å². The first-order valence-corrected chi connectivity index (χ1v) is 7.35. The predicted octanol–water partition coefficient (Wildman–Crippen LogP) is 0.785. The number of aromatic amines is 1. The molecule has 0 unspecified atom stereocenters. The van der Waals surface area contributed by atoms with Crippen LogP contribution in [0.5, 0.6) is 0 Å². The van der Waals surface area contributed by atoms with Crippen LogP contribution in [0.1, 0.15) is 0 Å². The number of aromatic nitrogens is 5. The van der Waals surface area contributed by atoms with Gasteiger partial charge in [-0.2, -0.15) is 4.98 Å². The highest BCUT2D eigenvalue weighted by Crippen LogP contribution is 2.26. The molecule has 100 valence electrons. The molecular formula is C9H8ClN5O2S2. The molecule has 2 aromatic heterocycles. The van der Waals surface area contributed by atoms with Crippen LogP contribution in [0.3, 0.4) is 0 Å². The molecule has 0 atom stereocenters. The van der Waals surface area contributed by atoms with Gasteiger partial charge in [0.15, 0.2) is 10.3 Å². The third-order valence-electron chi connectivity index (χ3n) is 1.98. The Hall–Kier alpha value is -1.32. The van der Waals surface area contributed by atoms with Gasteiger partial charge in [-0.25, -0.2) is 9.97 Å². The van der Waals surface area contributed by atoms with Crippen LogP contribution in [0.4, 0.5) is 0 Å². The molecule has 19 heavy (non-hydrogen) atoms. The minimum atomic E-state index is -0.842. The summed E-state index contributed by atoms with van der Waals surface area (Å²) in [6.45, 7) is 0. The molecular weight excluding hydrogens is 310 g/mol. The number of hydrogen-bond acceptors (Lipinski definition) is 7. The van der Waals surface area contributed by atoms with Crippen LogP contribution in [-0.4, -0.2) is 31.0 Å². The van der Waals surface area contributed by atoms with Gasteiger partial charge in [-0.15, -0.1) is 0 Å². The SMILES string of the molecule is CSc1nc(Cl)cc(Sc2nc(=O)c(=O)[nH]n2C)n1. The van der Waals surface area contributed by atoms with Gasteiger partial charge in [-0.3, -0.25) is 19.4 Å². The van der Waals surface area contributed by atoms with Gasteiger partial charge >= 0.3 is 11.1 Å². The zero-order valence-corrected chi connectivity index (χ0v) is 12.3. The van der Waals surface area contributed by atoms with Crippen LogP contribution in [-0.2, 0) is 7.05 Å². The first kappa shape index (κ1) is 14.1. The van der Waals surface area contributed by atoms with Gasteiger partial charge in [0, 0.05) is 13.1 Å². The van der Waals surface area contributed by atoms with Crippen molar-refractivity contribution in [2.75, 3.05) is 6.26 Å². The van der Waals surface area contributed by atoms with E-state index in [1.165, 1.54) is 16.4 Å². The largest absolute Gasteiger partial charge is 0.339 e. The molecule has 0 saturated carbocycles. The lowest BCUT2D eigenvalue weighted by Gasteiger charge is -2.06. The lowest BCUT2D eigenvalue weighted by molar-refractivity contribution is 0.596. The summed E-state index contributed by atoms with van der Waals surface area (Å²) in [7, 11) is 1.58. The van der Waals surface area contributed by atoms with E-state index in [1.54, 1.807) is 13.1 Å². The van der Waals surface area contributed by atoms with Crippen LogP contribution >= 0.6 is 35.1 Å². The van der Waals surface area contributed by atoms with Gasteiger partial charge in [0.05, 0.1) is 0 Å². The lowest BCUT2D eigenvalue weighted by atomic mass is 10.7. The second-order valence-electron chi connectivity index (χ2n) is 3.32. The average molecular weight is 318 g/mol. The number of halogens is 1. The maximum absolute atomic E-state index is 11.2. The van der Waals surface area contributed by atoms with E-state index in [4.69, 9.17) is 11.6 Å². The van der Waals surface area contributed by atoms with Gasteiger partial charge in [-0.1, -0.05) is 23.4 Å². The summed E-state index contributed by atoms with van der Waals surface area (Å²) in [5, 5.41) is 4.03. The van der Waals surface area contributed by atoms with Crippen molar-refractivity contribution < 1.29 is 0 Å². The summed E-state index contributed by atoms with van der Waals surface area (Å²) in [6, 6.07) is 1.56. The van der Waals surface area contributed by atoms with Gasteiger partial charge in [-0.05, 0) is 18.0 Å². The highest BCUT2D eigenvalue weighted by atomic mass is 35.5. The Morgan fingerprint density at radius 2 is 2.05 bits per heavy atom. The first-order chi connectivity index (χ1) is 8.99. The van der Waals surface area contributed by atoms with Crippen LogP contribution in [0.15, 0.2) is 31.0 Å². The minimum Gasteiger partial charge on any atom is -0.265 e. The number of nitrogens with one attached hydrogen (secondary N) is 1. The van der Waals surface area contributed by atoms with E-state index < -0.39 is 11.1 Å². The average Bonchev–Trinajstić information content (AvgIpc) is 2.35. The van der Waals surface area contributed by atoms with Crippen molar-refractivity contribution >= 4 is 35.1 Å². The van der Waals surface area contributed by atoms with Crippen LogP contribution in [0, 0.1) is 0 Å². The molecule has 2 heterocycles. The number of rotatable bonds is 3. The van der Waals surface area contributed by atoms with E-state index in [9.17, 15) is 9.59 Å². The van der Waals surface area contributed by atoms with Crippen LogP contribution < -0.4 is 11.1 Å². The zero-order valence-electron chi connectivity index (χ0n) is 9.88. The lowest BCUT2D eigenvalue weighted by Crippen LogP contribution is -2.33. The standard InChI is InChI=1S/C9H8ClN5O2S2/c1-15-9(13-6(16)7(17)14-15)19-5-3-4(10)11-8(12-5)18-2/h3H,1-2H3,(H,14,17). The smallest absolute Gasteiger partial charge is 0.265 e.